The SMILES string of the molecule is C=CCN(C(=O)C(NC(=O)OC(C)(C)C)C(C)CC)C(C(=O)NC(C)CCC)c1ccc(C)cc1. The van der Waals surface area contributed by atoms with Crippen LogP contribution in [0.3, 0.4) is 0 Å². The predicted octanol–water partition coefficient (Wildman–Crippen LogP) is 5.29. The Balaban J connectivity index is 3.44. The van der Waals surface area contributed by atoms with E-state index in [2.05, 4.69) is 24.1 Å². The molecule has 0 bridgehead atoms. The van der Waals surface area contributed by atoms with Crippen molar-refractivity contribution in [3.05, 3.63) is 48.0 Å². The number of nitrogens with zero attached hydrogens (tertiary/aromatic N) is 1. The maximum Gasteiger partial charge on any atom is 0.408 e. The van der Waals surface area contributed by atoms with Gasteiger partial charge in [0, 0.05) is 12.6 Å². The van der Waals surface area contributed by atoms with E-state index in [0.717, 1.165) is 18.4 Å². The zero-order valence-corrected chi connectivity index (χ0v) is 22.8. The van der Waals surface area contributed by atoms with Crippen molar-refractivity contribution in [1.82, 2.24) is 15.5 Å². The van der Waals surface area contributed by atoms with Crippen LogP contribution < -0.4 is 10.6 Å². The van der Waals surface area contributed by atoms with Gasteiger partial charge in [-0.1, -0.05) is 69.5 Å². The van der Waals surface area contributed by atoms with E-state index in [9.17, 15) is 14.4 Å². The summed E-state index contributed by atoms with van der Waals surface area (Å²) in [5, 5.41) is 5.82. The molecule has 2 N–H and O–H groups in total. The number of aryl methyl sites for hydroxylation is 1. The molecule has 0 radical (unpaired) electrons. The molecule has 0 aliphatic rings. The number of carbonyl (C=O) groups excluding carboxylic acids is 3. The summed E-state index contributed by atoms with van der Waals surface area (Å²) in [7, 11) is 0. The lowest BCUT2D eigenvalue weighted by Gasteiger charge is -2.36. The number of benzene rings is 1. The monoisotopic (exact) mass is 487 g/mol. The van der Waals surface area contributed by atoms with Crippen molar-refractivity contribution in [2.45, 2.75) is 98.4 Å². The molecule has 3 amide bonds. The molecule has 4 atom stereocenters. The minimum atomic E-state index is -0.868. The van der Waals surface area contributed by atoms with Crippen molar-refractivity contribution in [2.24, 2.45) is 5.92 Å². The second kappa shape index (κ2) is 13.9. The lowest BCUT2D eigenvalue weighted by molar-refractivity contribution is -0.143. The van der Waals surface area contributed by atoms with E-state index in [1.807, 2.05) is 52.0 Å². The van der Waals surface area contributed by atoms with E-state index in [-0.39, 0.29) is 30.3 Å². The van der Waals surface area contributed by atoms with Gasteiger partial charge in [-0.05, 0) is 52.5 Å². The van der Waals surface area contributed by atoms with Crippen LogP contribution in [0.15, 0.2) is 36.9 Å². The van der Waals surface area contributed by atoms with Gasteiger partial charge in [0.05, 0.1) is 0 Å². The van der Waals surface area contributed by atoms with Gasteiger partial charge >= 0.3 is 6.09 Å². The quantitative estimate of drug-likeness (QED) is 0.392. The average Bonchev–Trinajstić information content (AvgIpc) is 2.76. The molecule has 0 aliphatic heterocycles. The molecule has 1 aromatic carbocycles. The molecule has 7 heteroatoms. The number of rotatable bonds is 12. The first kappa shape index (κ1) is 30.2. The third-order valence-electron chi connectivity index (χ3n) is 5.82. The fraction of sp³-hybridized carbons (Fsp3) is 0.607. The summed E-state index contributed by atoms with van der Waals surface area (Å²) in [5.41, 5.74) is 1.05. The molecule has 196 valence electrons. The second-order valence-corrected chi connectivity index (χ2v) is 10.3. The number of hydrogen-bond acceptors (Lipinski definition) is 4. The Labute approximate surface area is 211 Å². The zero-order chi connectivity index (χ0) is 26.8. The molecule has 35 heavy (non-hydrogen) atoms. The molecular formula is C28H45N3O4. The van der Waals surface area contributed by atoms with Crippen LogP contribution in [-0.4, -0.2) is 47.0 Å². The van der Waals surface area contributed by atoms with Crippen molar-refractivity contribution in [3.8, 4) is 0 Å². The standard InChI is InChI=1S/C28H45N3O4/c1-10-13-21(6)29-25(32)24(22-16-14-19(4)15-17-22)31(18-11-2)26(33)23(20(5)12-3)30-27(34)35-28(7,8)9/h11,14-17,20-21,23-24H,2,10,12-13,18H2,1,3-9H3,(H,29,32)(H,30,34). The molecule has 0 saturated heterocycles. The molecule has 1 aromatic rings. The molecular weight excluding hydrogens is 442 g/mol. The van der Waals surface area contributed by atoms with E-state index in [1.165, 1.54) is 4.90 Å². The maximum atomic E-state index is 14.0. The first-order valence-corrected chi connectivity index (χ1v) is 12.6. The Morgan fingerprint density at radius 2 is 1.69 bits per heavy atom. The fourth-order valence-electron chi connectivity index (χ4n) is 3.81. The van der Waals surface area contributed by atoms with Gasteiger partial charge < -0.3 is 20.3 Å². The summed E-state index contributed by atoms with van der Waals surface area (Å²) in [5.74, 6) is -0.790. The lowest BCUT2D eigenvalue weighted by Crippen LogP contribution is -2.55. The van der Waals surface area contributed by atoms with Crippen LogP contribution in [-0.2, 0) is 14.3 Å². The van der Waals surface area contributed by atoms with Crippen molar-refractivity contribution >= 4 is 17.9 Å². The number of hydrogen-bond donors (Lipinski definition) is 2. The van der Waals surface area contributed by atoms with Crippen molar-refractivity contribution in [3.63, 3.8) is 0 Å². The van der Waals surface area contributed by atoms with Crippen molar-refractivity contribution in [1.29, 1.82) is 0 Å². The highest BCUT2D eigenvalue weighted by atomic mass is 16.6. The van der Waals surface area contributed by atoms with Crippen LogP contribution in [0.25, 0.3) is 0 Å². The number of amides is 3. The summed E-state index contributed by atoms with van der Waals surface area (Å²) in [6, 6.07) is 5.82. The molecule has 1 rings (SSSR count). The van der Waals surface area contributed by atoms with Crippen molar-refractivity contribution < 1.29 is 19.1 Å². The van der Waals surface area contributed by atoms with Gasteiger partial charge in [-0.2, -0.15) is 0 Å². The summed E-state index contributed by atoms with van der Waals surface area (Å²) in [4.78, 5) is 41.6. The van der Waals surface area contributed by atoms with E-state index >= 15 is 0 Å². The molecule has 0 heterocycles. The fourth-order valence-corrected chi connectivity index (χ4v) is 3.81. The van der Waals surface area contributed by atoms with E-state index in [4.69, 9.17) is 4.74 Å². The summed E-state index contributed by atoms with van der Waals surface area (Å²) >= 11 is 0. The third kappa shape index (κ3) is 9.74. The third-order valence-corrected chi connectivity index (χ3v) is 5.82. The van der Waals surface area contributed by atoms with Gasteiger partial charge in [-0.3, -0.25) is 9.59 Å². The second-order valence-electron chi connectivity index (χ2n) is 10.3. The first-order valence-electron chi connectivity index (χ1n) is 12.6. The maximum absolute atomic E-state index is 14.0. The Kier molecular flexibility index (Phi) is 12.0. The van der Waals surface area contributed by atoms with Gasteiger partial charge in [0.2, 0.25) is 11.8 Å². The first-order chi connectivity index (χ1) is 16.3. The van der Waals surface area contributed by atoms with Gasteiger partial charge in [-0.15, -0.1) is 6.58 Å². The predicted molar refractivity (Wildman–Crippen MR) is 141 cm³/mol. The minimum Gasteiger partial charge on any atom is -0.444 e. The molecule has 0 spiro atoms. The summed E-state index contributed by atoms with van der Waals surface area (Å²) in [6.07, 6.45) is 3.35. The normalized spacial score (nSPS) is 14.7. The summed E-state index contributed by atoms with van der Waals surface area (Å²) in [6.45, 7) is 19.1. The average molecular weight is 488 g/mol. The van der Waals surface area contributed by atoms with Crippen LogP contribution >= 0.6 is 0 Å². The lowest BCUT2D eigenvalue weighted by atomic mass is 9.95. The Morgan fingerprint density at radius 1 is 1.09 bits per heavy atom. The topological polar surface area (TPSA) is 87.7 Å². The Morgan fingerprint density at radius 3 is 2.17 bits per heavy atom. The number of nitrogens with one attached hydrogen (secondary N) is 2. The summed E-state index contributed by atoms with van der Waals surface area (Å²) < 4.78 is 5.42. The highest BCUT2D eigenvalue weighted by Gasteiger charge is 2.37. The highest BCUT2D eigenvalue weighted by molar-refractivity contribution is 5.92. The molecule has 4 unspecified atom stereocenters. The molecule has 0 aliphatic carbocycles. The van der Waals surface area contributed by atoms with Crippen LogP contribution in [0.5, 0.6) is 0 Å². The highest BCUT2D eigenvalue weighted by Crippen LogP contribution is 2.25. The van der Waals surface area contributed by atoms with Crippen LogP contribution in [0.2, 0.25) is 0 Å². The number of ether oxygens (including phenoxy) is 1. The van der Waals surface area contributed by atoms with Gasteiger partial charge in [0.25, 0.3) is 0 Å². The van der Waals surface area contributed by atoms with E-state index < -0.39 is 23.8 Å². The Hall–Kier alpha value is -2.83. The zero-order valence-electron chi connectivity index (χ0n) is 22.8. The van der Waals surface area contributed by atoms with Crippen molar-refractivity contribution in [2.75, 3.05) is 6.54 Å². The molecule has 0 fully saturated rings. The van der Waals surface area contributed by atoms with Gasteiger partial charge in [0.15, 0.2) is 0 Å². The smallest absolute Gasteiger partial charge is 0.408 e. The van der Waals surface area contributed by atoms with Gasteiger partial charge in [0.1, 0.15) is 17.7 Å². The number of alkyl carbamates (subject to hydrolysis) is 1. The van der Waals surface area contributed by atoms with Gasteiger partial charge in [-0.25, -0.2) is 4.79 Å². The Bertz CT molecular complexity index is 845. The minimum absolute atomic E-state index is 0.0358. The number of carbonyl (C=O) groups is 3. The van der Waals surface area contributed by atoms with E-state index in [1.54, 1.807) is 26.8 Å². The van der Waals surface area contributed by atoms with E-state index in [0.29, 0.717) is 12.0 Å². The largest absolute Gasteiger partial charge is 0.444 e. The molecule has 0 aromatic heterocycles. The molecule has 7 nitrogen and oxygen atoms in total. The van der Waals surface area contributed by atoms with Crippen LogP contribution in [0, 0.1) is 12.8 Å². The van der Waals surface area contributed by atoms with Crippen LogP contribution in [0.4, 0.5) is 4.79 Å². The molecule has 0 saturated carbocycles. The van der Waals surface area contributed by atoms with Crippen LogP contribution in [0.1, 0.15) is 84.9 Å².